The number of hydrogen-bond donors (Lipinski definition) is 1. The van der Waals surface area contributed by atoms with Crippen LogP contribution in [0, 0.1) is 0 Å². The zero-order valence-corrected chi connectivity index (χ0v) is 21.1. The molecule has 0 spiro atoms. The third-order valence-electron chi connectivity index (χ3n) is 5.06. The van der Waals surface area contributed by atoms with Gasteiger partial charge in [-0.1, -0.05) is 44.1 Å². The van der Waals surface area contributed by atoms with Gasteiger partial charge in [0.05, 0.1) is 12.1 Å². The molecule has 7 nitrogen and oxygen atoms in total. The van der Waals surface area contributed by atoms with Gasteiger partial charge >= 0.3 is 6.18 Å². The monoisotopic (exact) mass is 566 g/mol. The van der Waals surface area contributed by atoms with E-state index in [2.05, 4.69) is 30.2 Å². The summed E-state index contributed by atoms with van der Waals surface area (Å²) < 4.78 is 44.1. The van der Waals surface area contributed by atoms with Gasteiger partial charge in [0, 0.05) is 45.2 Å². The van der Waals surface area contributed by atoms with Gasteiger partial charge in [-0.3, -0.25) is 9.89 Å². The molecule has 1 aromatic carbocycles. The van der Waals surface area contributed by atoms with E-state index < -0.39 is 11.7 Å². The first-order valence-corrected chi connectivity index (χ1v) is 10.2. The summed E-state index contributed by atoms with van der Waals surface area (Å²) in [5.41, 5.74) is -0.148. The van der Waals surface area contributed by atoms with Crippen LogP contribution in [-0.4, -0.2) is 59.1 Å². The van der Waals surface area contributed by atoms with E-state index in [1.165, 1.54) is 12.1 Å². The van der Waals surface area contributed by atoms with Crippen molar-refractivity contribution in [3.05, 3.63) is 47.1 Å². The Hall–Kier alpha value is -1.89. The zero-order valence-electron chi connectivity index (χ0n) is 18.7. The third kappa shape index (κ3) is 7.06. The van der Waals surface area contributed by atoms with Crippen LogP contribution in [0.5, 0.6) is 0 Å². The number of rotatable bonds is 4. The molecule has 1 fully saturated rings. The molecule has 0 radical (unpaired) electrons. The number of nitrogens with zero attached hydrogens (tertiary/aromatic N) is 5. The van der Waals surface area contributed by atoms with Crippen LogP contribution in [0.4, 0.5) is 13.2 Å². The Morgan fingerprint density at radius 3 is 2.41 bits per heavy atom. The molecule has 1 aliphatic rings. The first kappa shape index (κ1) is 26.4. The minimum atomic E-state index is -4.32. The maximum Gasteiger partial charge on any atom is 0.416 e. The summed E-state index contributed by atoms with van der Waals surface area (Å²) in [6, 6.07) is 5.52. The second-order valence-corrected chi connectivity index (χ2v) is 8.63. The minimum absolute atomic E-state index is 0. The molecule has 2 aromatic rings. The van der Waals surface area contributed by atoms with E-state index in [0.717, 1.165) is 38.2 Å². The van der Waals surface area contributed by atoms with Crippen molar-refractivity contribution in [1.82, 2.24) is 25.3 Å². The largest absolute Gasteiger partial charge is 0.416 e. The molecule has 0 saturated carbocycles. The number of benzene rings is 1. The molecule has 0 amide bonds. The summed E-state index contributed by atoms with van der Waals surface area (Å²) in [6.45, 7) is 9.82. The molecule has 0 bridgehead atoms. The second kappa shape index (κ2) is 10.8. The Labute approximate surface area is 203 Å². The molecular weight excluding hydrogens is 536 g/mol. The molecule has 1 aromatic heterocycles. The molecular formula is C21H30F3IN6O. The summed E-state index contributed by atoms with van der Waals surface area (Å²) in [7, 11) is 1.72. The summed E-state index contributed by atoms with van der Waals surface area (Å²) in [6.07, 6.45) is -4.32. The van der Waals surface area contributed by atoms with Crippen molar-refractivity contribution in [2.75, 3.05) is 33.2 Å². The molecule has 1 N–H and O–H groups in total. The van der Waals surface area contributed by atoms with Crippen LogP contribution in [0.15, 0.2) is 33.8 Å². The van der Waals surface area contributed by atoms with Gasteiger partial charge in [0.15, 0.2) is 11.8 Å². The second-order valence-electron chi connectivity index (χ2n) is 8.63. The maximum absolute atomic E-state index is 12.9. The number of nitrogens with one attached hydrogen (secondary N) is 1. The van der Waals surface area contributed by atoms with Crippen molar-refractivity contribution >= 4 is 29.9 Å². The van der Waals surface area contributed by atoms with Crippen molar-refractivity contribution in [3.63, 3.8) is 0 Å². The lowest BCUT2D eigenvalue weighted by molar-refractivity contribution is -0.137. The summed E-state index contributed by atoms with van der Waals surface area (Å²) in [4.78, 5) is 13.0. The Morgan fingerprint density at radius 2 is 1.84 bits per heavy atom. The summed E-state index contributed by atoms with van der Waals surface area (Å²) in [5, 5.41) is 7.26. The van der Waals surface area contributed by atoms with E-state index in [-0.39, 0.29) is 29.4 Å². The van der Waals surface area contributed by atoms with Crippen LogP contribution in [0.1, 0.15) is 43.6 Å². The lowest BCUT2D eigenvalue weighted by Gasteiger charge is -2.36. The van der Waals surface area contributed by atoms with Gasteiger partial charge in [0.25, 0.3) is 0 Å². The molecule has 0 aliphatic carbocycles. The molecule has 3 rings (SSSR count). The van der Waals surface area contributed by atoms with E-state index in [1.54, 1.807) is 13.1 Å². The lowest BCUT2D eigenvalue weighted by Crippen LogP contribution is -2.52. The highest BCUT2D eigenvalue weighted by molar-refractivity contribution is 14.0. The SMILES string of the molecule is CN=C(NCc1noc(C(C)(C)C)n1)N1CCN(Cc2cccc(C(F)(F)F)c2)CC1.I. The number of hydrogen-bond acceptors (Lipinski definition) is 5. The van der Waals surface area contributed by atoms with Crippen LogP contribution in [-0.2, 0) is 24.7 Å². The highest BCUT2D eigenvalue weighted by Crippen LogP contribution is 2.29. The van der Waals surface area contributed by atoms with Gasteiger partial charge in [-0.2, -0.15) is 18.2 Å². The number of halogens is 4. The van der Waals surface area contributed by atoms with Crippen molar-refractivity contribution in [2.45, 2.75) is 45.5 Å². The lowest BCUT2D eigenvalue weighted by atomic mass is 9.97. The minimum Gasteiger partial charge on any atom is -0.349 e. The molecule has 0 unspecified atom stereocenters. The van der Waals surface area contributed by atoms with E-state index in [0.29, 0.717) is 30.4 Å². The average Bonchev–Trinajstić information content (AvgIpc) is 3.19. The van der Waals surface area contributed by atoms with Gasteiger partial charge in [0.1, 0.15) is 0 Å². The Bertz CT molecular complexity index is 901. The molecule has 1 saturated heterocycles. The van der Waals surface area contributed by atoms with Gasteiger partial charge in [0.2, 0.25) is 5.89 Å². The number of aliphatic imine (C=N–C) groups is 1. The fraction of sp³-hybridized carbons (Fsp3) is 0.571. The Balaban J connectivity index is 0.00000363. The van der Waals surface area contributed by atoms with Crippen LogP contribution in [0.2, 0.25) is 0 Å². The highest BCUT2D eigenvalue weighted by atomic mass is 127. The van der Waals surface area contributed by atoms with Gasteiger partial charge in [-0.25, -0.2) is 0 Å². The van der Waals surface area contributed by atoms with E-state index >= 15 is 0 Å². The van der Waals surface area contributed by atoms with Crippen molar-refractivity contribution in [2.24, 2.45) is 4.99 Å². The van der Waals surface area contributed by atoms with Crippen LogP contribution in [0.3, 0.4) is 0 Å². The molecule has 0 atom stereocenters. The quantitative estimate of drug-likeness (QED) is 0.344. The predicted octanol–water partition coefficient (Wildman–Crippen LogP) is 3.90. The average molecular weight is 566 g/mol. The van der Waals surface area contributed by atoms with Gasteiger partial charge in [-0.05, 0) is 11.6 Å². The topological polar surface area (TPSA) is 69.8 Å². The van der Waals surface area contributed by atoms with Crippen molar-refractivity contribution in [1.29, 1.82) is 0 Å². The maximum atomic E-state index is 12.9. The molecule has 32 heavy (non-hydrogen) atoms. The first-order valence-electron chi connectivity index (χ1n) is 10.2. The van der Waals surface area contributed by atoms with Gasteiger partial charge < -0.3 is 14.7 Å². The van der Waals surface area contributed by atoms with Crippen LogP contribution in [0.25, 0.3) is 0 Å². The Kier molecular flexibility index (Phi) is 8.91. The third-order valence-corrected chi connectivity index (χ3v) is 5.06. The van der Waals surface area contributed by atoms with Crippen molar-refractivity contribution < 1.29 is 17.7 Å². The fourth-order valence-electron chi connectivity index (χ4n) is 3.34. The number of piperazine rings is 1. The van der Waals surface area contributed by atoms with E-state index in [9.17, 15) is 13.2 Å². The number of alkyl halides is 3. The number of guanidine groups is 1. The van der Waals surface area contributed by atoms with Crippen LogP contribution >= 0.6 is 24.0 Å². The normalized spacial score (nSPS) is 16.1. The fourth-order valence-corrected chi connectivity index (χ4v) is 3.34. The molecule has 1 aliphatic heterocycles. The first-order chi connectivity index (χ1) is 14.6. The van der Waals surface area contributed by atoms with Crippen LogP contribution < -0.4 is 5.32 Å². The Morgan fingerprint density at radius 1 is 1.16 bits per heavy atom. The standard InChI is InChI=1S/C21H29F3N6O.HI/c1-20(2,3)18-27-17(28-31-18)13-26-19(25-4)30-10-8-29(9-11-30)14-15-6-5-7-16(12-15)21(22,23)24;/h5-7,12H,8-11,13-14H2,1-4H3,(H,25,26);1H. The van der Waals surface area contributed by atoms with E-state index in [4.69, 9.17) is 4.52 Å². The van der Waals surface area contributed by atoms with E-state index in [1.807, 2.05) is 20.8 Å². The summed E-state index contributed by atoms with van der Waals surface area (Å²) >= 11 is 0. The molecule has 2 heterocycles. The van der Waals surface area contributed by atoms with Gasteiger partial charge in [-0.15, -0.1) is 24.0 Å². The highest BCUT2D eigenvalue weighted by Gasteiger charge is 2.30. The molecule has 178 valence electrons. The summed E-state index contributed by atoms with van der Waals surface area (Å²) in [5.74, 6) is 1.89. The smallest absolute Gasteiger partial charge is 0.349 e. The predicted molar refractivity (Wildman–Crippen MR) is 127 cm³/mol. The molecule has 11 heteroatoms. The number of aromatic nitrogens is 2. The zero-order chi connectivity index (χ0) is 22.6. The van der Waals surface area contributed by atoms with Crippen molar-refractivity contribution in [3.8, 4) is 0 Å².